The van der Waals surface area contributed by atoms with Gasteiger partial charge in [0.05, 0.1) is 11.4 Å². The molecule has 0 aliphatic heterocycles. The second-order valence-corrected chi connectivity index (χ2v) is 3.68. The molecule has 0 saturated heterocycles. The SMILES string of the molecule is COCc1cc(C(=O)Nc2n[nH]c(C)c2N)no1. The lowest BCUT2D eigenvalue weighted by Gasteiger charge is -1.98. The zero-order chi connectivity index (χ0) is 13.1. The van der Waals surface area contributed by atoms with Gasteiger partial charge in [0.2, 0.25) is 0 Å². The molecule has 0 atom stereocenters. The average molecular weight is 251 g/mol. The molecule has 96 valence electrons. The molecular formula is C10H13N5O3. The smallest absolute Gasteiger partial charge is 0.279 e. The maximum Gasteiger partial charge on any atom is 0.279 e. The van der Waals surface area contributed by atoms with Crippen LogP contribution in [0.25, 0.3) is 0 Å². The number of methoxy groups -OCH3 is 1. The summed E-state index contributed by atoms with van der Waals surface area (Å²) in [5.41, 5.74) is 6.93. The Morgan fingerprint density at radius 3 is 3.06 bits per heavy atom. The molecule has 0 unspecified atom stereocenters. The molecule has 8 heteroatoms. The Labute approximate surface area is 102 Å². The number of hydrogen-bond donors (Lipinski definition) is 3. The molecule has 2 aromatic heterocycles. The van der Waals surface area contributed by atoms with Gasteiger partial charge in [-0.1, -0.05) is 5.16 Å². The molecule has 1 amide bonds. The number of nitrogens with two attached hydrogens (primary N) is 1. The quantitative estimate of drug-likeness (QED) is 0.735. The van der Waals surface area contributed by atoms with Crippen molar-refractivity contribution in [2.24, 2.45) is 0 Å². The largest absolute Gasteiger partial charge is 0.394 e. The minimum absolute atomic E-state index is 0.141. The maximum atomic E-state index is 11.8. The number of ether oxygens (including phenoxy) is 1. The van der Waals surface area contributed by atoms with E-state index in [1.165, 1.54) is 13.2 Å². The van der Waals surface area contributed by atoms with Crippen LogP contribution in [0.15, 0.2) is 10.6 Å². The maximum absolute atomic E-state index is 11.8. The zero-order valence-corrected chi connectivity index (χ0v) is 9.98. The third-order valence-corrected chi connectivity index (χ3v) is 2.30. The molecule has 0 aromatic carbocycles. The molecule has 0 spiro atoms. The lowest BCUT2D eigenvalue weighted by Crippen LogP contribution is -2.13. The lowest BCUT2D eigenvalue weighted by atomic mass is 10.3. The van der Waals surface area contributed by atoms with Crippen molar-refractivity contribution in [3.63, 3.8) is 0 Å². The molecule has 0 radical (unpaired) electrons. The van der Waals surface area contributed by atoms with Gasteiger partial charge in [-0.2, -0.15) is 5.10 Å². The molecular weight excluding hydrogens is 238 g/mol. The van der Waals surface area contributed by atoms with E-state index in [4.69, 9.17) is 15.0 Å². The van der Waals surface area contributed by atoms with E-state index in [0.717, 1.165) is 0 Å². The fraction of sp³-hybridized carbons (Fsp3) is 0.300. The summed E-state index contributed by atoms with van der Waals surface area (Å²) in [6.45, 7) is 2.01. The standard InChI is InChI=1S/C10H13N5O3/c1-5-8(11)9(14-13-5)12-10(16)7-3-6(4-17-2)18-15-7/h3H,4,11H2,1-2H3,(H2,12,13,14,16). The normalized spacial score (nSPS) is 10.6. The van der Waals surface area contributed by atoms with Crippen molar-refractivity contribution in [1.29, 1.82) is 0 Å². The van der Waals surface area contributed by atoms with E-state index in [-0.39, 0.29) is 18.1 Å². The van der Waals surface area contributed by atoms with Crippen LogP contribution in [0.1, 0.15) is 21.9 Å². The number of aryl methyl sites for hydroxylation is 1. The van der Waals surface area contributed by atoms with Crippen molar-refractivity contribution in [3.05, 3.63) is 23.2 Å². The first kappa shape index (κ1) is 12.1. The van der Waals surface area contributed by atoms with Crippen molar-refractivity contribution < 1.29 is 14.1 Å². The molecule has 0 aliphatic carbocycles. The average Bonchev–Trinajstić information content (AvgIpc) is 2.92. The first-order valence-corrected chi connectivity index (χ1v) is 5.18. The molecule has 0 aliphatic rings. The summed E-state index contributed by atoms with van der Waals surface area (Å²) in [6.07, 6.45) is 0. The number of H-pyrrole nitrogens is 1. The van der Waals surface area contributed by atoms with Crippen molar-refractivity contribution in [1.82, 2.24) is 15.4 Å². The Morgan fingerprint density at radius 2 is 2.44 bits per heavy atom. The minimum Gasteiger partial charge on any atom is -0.394 e. The van der Waals surface area contributed by atoms with Crippen molar-refractivity contribution in [2.45, 2.75) is 13.5 Å². The molecule has 18 heavy (non-hydrogen) atoms. The summed E-state index contributed by atoms with van der Waals surface area (Å²) < 4.78 is 9.76. The van der Waals surface area contributed by atoms with Gasteiger partial charge in [-0.05, 0) is 6.92 Å². The summed E-state index contributed by atoms with van der Waals surface area (Å²) in [5, 5.41) is 12.7. The van der Waals surface area contributed by atoms with E-state index in [1.807, 2.05) is 0 Å². The summed E-state index contributed by atoms with van der Waals surface area (Å²) >= 11 is 0. The number of aromatic nitrogens is 3. The van der Waals surface area contributed by atoms with Crippen LogP contribution in [0, 0.1) is 6.92 Å². The number of nitrogens with one attached hydrogen (secondary N) is 2. The Morgan fingerprint density at radius 1 is 1.67 bits per heavy atom. The number of amides is 1. The summed E-state index contributed by atoms with van der Waals surface area (Å²) in [5.74, 6) is 0.293. The highest BCUT2D eigenvalue weighted by Crippen LogP contribution is 2.18. The summed E-state index contributed by atoms with van der Waals surface area (Å²) in [7, 11) is 1.52. The van der Waals surface area contributed by atoms with E-state index < -0.39 is 5.91 Å². The first-order chi connectivity index (χ1) is 8.61. The molecule has 0 saturated carbocycles. The number of hydrogen-bond acceptors (Lipinski definition) is 6. The predicted octanol–water partition coefficient (Wildman–Crippen LogP) is 0.687. The summed E-state index contributed by atoms with van der Waals surface area (Å²) in [6, 6.07) is 1.49. The number of rotatable bonds is 4. The van der Waals surface area contributed by atoms with Crippen molar-refractivity contribution >= 4 is 17.4 Å². The van der Waals surface area contributed by atoms with Crippen LogP contribution in [0.4, 0.5) is 11.5 Å². The highest BCUT2D eigenvalue weighted by molar-refractivity contribution is 6.03. The predicted molar refractivity (Wildman–Crippen MR) is 62.9 cm³/mol. The van der Waals surface area contributed by atoms with Crippen LogP contribution in [0.5, 0.6) is 0 Å². The third kappa shape index (κ3) is 2.33. The van der Waals surface area contributed by atoms with E-state index >= 15 is 0 Å². The monoisotopic (exact) mass is 251 g/mol. The van der Waals surface area contributed by atoms with Crippen molar-refractivity contribution in [3.8, 4) is 0 Å². The zero-order valence-electron chi connectivity index (χ0n) is 9.98. The number of aromatic amines is 1. The van der Waals surface area contributed by atoms with Crippen LogP contribution in [0.2, 0.25) is 0 Å². The van der Waals surface area contributed by atoms with Gasteiger partial charge >= 0.3 is 0 Å². The van der Waals surface area contributed by atoms with Crippen LogP contribution < -0.4 is 11.1 Å². The Kier molecular flexibility index (Phi) is 3.28. The number of carbonyl (C=O) groups excluding carboxylic acids is 1. The van der Waals surface area contributed by atoms with Gasteiger partial charge in [0, 0.05) is 13.2 Å². The number of nitrogen functional groups attached to an aromatic ring is 1. The second kappa shape index (κ2) is 4.88. The molecule has 0 bridgehead atoms. The number of anilines is 2. The number of carbonyl (C=O) groups is 1. The highest BCUT2D eigenvalue weighted by Gasteiger charge is 2.15. The van der Waals surface area contributed by atoms with Crippen LogP contribution >= 0.6 is 0 Å². The fourth-order valence-electron chi connectivity index (χ4n) is 1.33. The molecule has 8 nitrogen and oxygen atoms in total. The van der Waals surface area contributed by atoms with Gasteiger partial charge in [-0.25, -0.2) is 0 Å². The van der Waals surface area contributed by atoms with Gasteiger partial charge in [0.15, 0.2) is 17.3 Å². The van der Waals surface area contributed by atoms with Gasteiger partial charge < -0.3 is 20.3 Å². The molecule has 0 fully saturated rings. The lowest BCUT2D eigenvalue weighted by molar-refractivity contribution is 0.101. The van der Waals surface area contributed by atoms with E-state index in [2.05, 4.69) is 20.7 Å². The third-order valence-electron chi connectivity index (χ3n) is 2.30. The van der Waals surface area contributed by atoms with Crippen LogP contribution in [-0.4, -0.2) is 28.4 Å². The Hall–Kier alpha value is -2.35. The number of nitrogens with zero attached hydrogens (tertiary/aromatic N) is 2. The molecule has 2 rings (SSSR count). The molecule has 2 aromatic rings. The Balaban J connectivity index is 2.09. The minimum atomic E-state index is -0.445. The Bertz CT molecular complexity index is 560. The van der Waals surface area contributed by atoms with E-state index in [1.54, 1.807) is 6.92 Å². The van der Waals surface area contributed by atoms with Gasteiger partial charge in [0.25, 0.3) is 5.91 Å². The fourth-order valence-corrected chi connectivity index (χ4v) is 1.33. The van der Waals surface area contributed by atoms with Gasteiger partial charge in [-0.3, -0.25) is 9.89 Å². The molecule has 2 heterocycles. The topological polar surface area (TPSA) is 119 Å². The van der Waals surface area contributed by atoms with E-state index in [0.29, 0.717) is 17.1 Å². The van der Waals surface area contributed by atoms with Gasteiger partial charge in [-0.15, -0.1) is 0 Å². The van der Waals surface area contributed by atoms with Gasteiger partial charge in [0.1, 0.15) is 6.61 Å². The molecule has 4 N–H and O–H groups in total. The highest BCUT2D eigenvalue weighted by atomic mass is 16.5. The van der Waals surface area contributed by atoms with Crippen LogP contribution in [-0.2, 0) is 11.3 Å². The van der Waals surface area contributed by atoms with E-state index in [9.17, 15) is 4.79 Å². The first-order valence-electron chi connectivity index (χ1n) is 5.18. The second-order valence-electron chi connectivity index (χ2n) is 3.68. The van der Waals surface area contributed by atoms with Crippen molar-refractivity contribution in [2.75, 3.05) is 18.2 Å². The summed E-state index contributed by atoms with van der Waals surface area (Å²) in [4.78, 5) is 11.8. The van der Waals surface area contributed by atoms with Crippen LogP contribution in [0.3, 0.4) is 0 Å².